The topological polar surface area (TPSA) is 33.0 Å². The summed E-state index contributed by atoms with van der Waals surface area (Å²) in [5.41, 5.74) is 1.35. The SMILES string of the molecule is CCCCCC1(C#N)CCC2CC(COc3ccc(CC)cc3)CCC2C1. The standard InChI is InChI=1S/C25H37NO/c1-3-5-6-14-25(19-26)15-13-22-16-21(7-10-23(22)17-25)18-27-24-11-8-20(4-2)9-12-24/h8-9,11-12,21-23H,3-7,10,13-18H2,1-2H3. The third-order valence-corrected chi connectivity index (χ3v) is 7.21. The molecule has 0 saturated heterocycles. The van der Waals surface area contributed by atoms with E-state index in [0.29, 0.717) is 5.92 Å². The van der Waals surface area contributed by atoms with Crippen LogP contribution in [0.3, 0.4) is 0 Å². The van der Waals surface area contributed by atoms with Crippen LogP contribution in [-0.2, 0) is 6.42 Å². The molecule has 2 aliphatic rings. The van der Waals surface area contributed by atoms with Gasteiger partial charge in [0.2, 0.25) is 0 Å². The fraction of sp³-hybridized carbons (Fsp3) is 0.720. The minimum Gasteiger partial charge on any atom is -0.493 e. The van der Waals surface area contributed by atoms with Crippen molar-refractivity contribution in [2.24, 2.45) is 23.2 Å². The van der Waals surface area contributed by atoms with Gasteiger partial charge < -0.3 is 4.74 Å². The predicted molar refractivity (Wildman–Crippen MR) is 112 cm³/mol. The zero-order chi connectivity index (χ0) is 19.1. The summed E-state index contributed by atoms with van der Waals surface area (Å²) in [6.07, 6.45) is 13.4. The Kier molecular flexibility index (Phi) is 7.22. The second kappa shape index (κ2) is 9.63. The van der Waals surface area contributed by atoms with E-state index in [4.69, 9.17) is 4.74 Å². The van der Waals surface area contributed by atoms with Gasteiger partial charge in [-0.25, -0.2) is 0 Å². The van der Waals surface area contributed by atoms with E-state index in [-0.39, 0.29) is 5.41 Å². The van der Waals surface area contributed by atoms with E-state index in [1.807, 2.05) is 0 Å². The van der Waals surface area contributed by atoms with Crippen LogP contribution in [0.5, 0.6) is 5.75 Å². The summed E-state index contributed by atoms with van der Waals surface area (Å²) in [5, 5.41) is 9.86. The molecule has 2 aliphatic carbocycles. The molecular formula is C25H37NO. The molecule has 4 atom stereocenters. The van der Waals surface area contributed by atoms with Crippen molar-refractivity contribution in [1.82, 2.24) is 0 Å². The first kappa shape index (κ1) is 20.2. The number of nitriles is 1. The number of nitrogens with zero attached hydrogens (tertiary/aromatic N) is 1. The van der Waals surface area contributed by atoms with Crippen LogP contribution in [0, 0.1) is 34.5 Å². The third kappa shape index (κ3) is 5.28. The minimum atomic E-state index is -0.0132. The maximum atomic E-state index is 9.86. The van der Waals surface area contributed by atoms with Gasteiger partial charge >= 0.3 is 0 Å². The second-order valence-corrected chi connectivity index (χ2v) is 9.10. The molecule has 4 unspecified atom stereocenters. The highest BCUT2D eigenvalue weighted by atomic mass is 16.5. The molecule has 0 bridgehead atoms. The summed E-state index contributed by atoms with van der Waals surface area (Å²) in [6.45, 7) is 5.29. The Labute approximate surface area is 166 Å². The number of aryl methyl sites for hydroxylation is 1. The van der Waals surface area contributed by atoms with Gasteiger partial charge in [-0.05, 0) is 86.8 Å². The monoisotopic (exact) mass is 367 g/mol. The number of unbranched alkanes of at least 4 members (excludes halogenated alkanes) is 2. The van der Waals surface area contributed by atoms with E-state index in [2.05, 4.69) is 44.2 Å². The summed E-state index contributed by atoms with van der Waals surface area (Å²) in [5.74, 6) is 3.30. The van der Waals surface area contributed by atoms with Crippen molar-refractivity contribution in [3.8, 4) is 11.8 Å². The van der Waals surface area contributed by atoms with E-state index >= 15 is 0 Å². The van der Waals surface area contributed by atoms with Crippen LogP contribution in [0.1, 0.15) is 83.6 Å². The molecule has 0 radical (unpaired) electrons. The smallest absolute Gasteiger partial charge is 0.119 e. The molecule has 27 heavy (non-hydrogen) atoms. The molecule has 0 amide bonds. The molecule has 0 N–H and O–H groups in total. The predicted octanol–water partition coefficient (Wildman–Crippen LogP) is 6.93. The first-order chi connectivity index (χ1) is 13.2. The quantitative estimate of drug-likeness (QED) is 0.466. The molecule has 0 heterocycles. The lowest BCUT2D eigenvalue weighted by Crippen LogP contribution is -2.37. The Morgan fingerprint density at radius 3 is 2.59 bits per heavy atom. The fourth-order valence-corrected chi connectivity index (χ4v) is 5.40. The van der Waals surface area contributed by atoms with Gasteiger partial charge in [0.05, 0.1) is 18.1 Å². The highest BCUT2D eigenvalue weighted by Gasteiger charge is 2.43. The number of hydrogen-bond donors (Lipinski definition) is 0. The third-order valence-electron chi connectivity index (χ3n) is 7.21. The normalized spacial score (nSPS) is 30.3. The highest BCUT2D eigenvalue weighted by Crippen LogP contribution is 2.51. The molecule has 2 heteroatoms. The minimum absolute atomic E-state index is 0.0132. The Morgan fingerprint density at radius 1 is 1.07 bits per heavy atom. The van der Waals surface area contributed by atoms with E-state index in [1.54, 1.807) is 0 Å². The van der Waals surface area contributed by atoms with Crippen molar-refractivity contribution in [3.05, 3.63) is 29.8 Å². The van der Waals surface area contributed by atoms with Crippen molar-refractivity contribution in [1.29, 1.82) is 5.26 Å². The van der Waals surface area contributed by atoms with Crippen LogP contribution in [0.25, 0.3) is 0 Å². The molecule has 2 nitrogen and oxygen atoms in total. The molecule has 1 aromatic rings. The molecule has 0 aromatic heterocycles. The Morgan fingerprint density at radius 2 is 1.89 bits per heavy atom. The lowest BCUT2D eigenvalue weighted by Gasteiger charge is -2.45. The highest BCUT2D eigenvalue weighted by molar-refractivity contribution is 5.27. The Bertz CT molecular complexity index is 616. The zero-order valence-electron chi connectivity index (χ0n) is 17.4. The van der Waals surface area contributed by atoms with E-state index in [1.165, 1.54) is 50.5 Å². The van der Waals surface area contributed by atoms with Gasteiger partial charge in [0.15, 0.2) is 0 Å². The van der Waals surface area contributed by atoms with Crippen LogP contribution >= 0.6 is 0 Å². The van der Waals surface area contributed by atoms with E-state index in [9.17, 15) is 5.26 Å². The summed E-state index contributed by atoms with van der Waals surface area (Å²) in [7, 11) is 0. The van der Waals surface area contributed by atoms with Crippen LogP contribution in [0.4, 0.5) is 0 Å². The van der Waals surface area contributed by atoms with E-state index in [0.717, 1.165) is 49.9 Å². The summed E-state index contributed by atoms with van der Waals surface area (Å²) in [4.78, 5) is 0. The number of ether oxygens (including phenoxy) is 1. The number of rotatable bonds is 8. The molecule has 1 aromatic carbocycles. The number of benzene rings is 1. The maximum absolute atomic E-state index is 9.86. The van der Waals surface area contributed by atoms with Gasteiger partial charge in [-0.15, -0.1) is 0 Å². The van der Waals surface area contributed by atoms with E-state index < -0.39 is 0 Å². The molecule has 2 saturated carbocycles. The number of hydrogen-bond acceptors (Lipinski definition) is 2. The molecule has 148 valence electrons. The summed E-state index contributed by atoms with van der Waals surface area (Å²) >= 11 is 0. The molecule has 2 fully saturated rings. The first-order valence-electron chi connectivity index (χ1n) is 11.3. The summed E-state index contributed by atoms with van der Waals surface area (Å²) < 4.78 is 6.10. The van der Waals surface area contributed by atoms with Crippen molar-refractivity contribution in [2.45, 2.75) is 84.5 Å². The lowest BCUT2D eigenvalue weighted by molar-refractivity contribution is 0.0507. The van der Waals surface area contributed by atoms with Crippen molar-refractivity contribution >= 4 is 0 Å². The van der Waals surface area contributed by atoms with Crippen LogP contribution in [-0.4, -0.2) is 6.61 Å². The largest absolute Gasteiger partial charge is 0.493 e. The van der Waals surface area contributed by atoms with Gasteiger partial charge in [0, 0.05) is 0 Å². The molecular weight excluding hydrogens is 330 g/mol. The average molecular weight is 368 g/mol. The van der Waals surface area contributed by atoms with Crippen LogP contribution in [0.2, 0.25) is 0 Å². The van der Waals surface area contributed by atoms with Crippen molar-refractivity contribution < 1.29 is 4.74 Å². The van der Waals surface area contributed by atoms with Crippen LogP contribution in [0.15, 0.2) is 24.3 Å². The van der Waals surface area contributed by atoms with Crippen molar-refractivity contribution in [2.75, 3.05) is 6.61 Å². The van der Waals surface area contributed by atoms with Gasteiger partial charge in [-0.2, -0.15) is 5.26 Å². The van der Waals surface area contributed by atoms with Crippen LogP contribution < -0.4 is 4.74 Å². The Balaban J connectivity index is 1.47. The van der Waals surface area contributed by atoms with Gasteiger partial charge in [0.25, 0.3) is 0 Å². The molecule has 0 aliphatic heterocycles. The zero-order valence-corrected chi connectivity index (χ0v) is 17.4. The average Bonchev–Trinajstić information content (AvgIpc) is 2.72. The van der Waals surface area contributed by atoms with Gasteiger partial charge in [-0.3, -0.25) is 0 Å². The lowest BCUT2D eigenvalue weighted by atomic mass is 9.59. The fourth-order valence-electron chi connectivity index (χ4n) is 5.40. The number of fused-ring (bicyclic) bond motifs is 1. The first-order valence-corrected chi connectivity index (χ1v) is 11.3. The second-order valence-electron chi connectivity index (χ2n) is 9.10. The van der Waals surface area contributed by atoms with Gasteiger partial charge in [-0.1, -0.05) is 45.2 Å². The van der Waals surface area contributed by atoms with Gasteiger partial charge in [0.1, 0.15) is 5.75 Å². The molecule has 0 spiro atoms. The summed E-state index contributed by atoms with van der Waals surface area (Å²) in [6, 6.07) is 11.3. The maximum Gasteiger partial charge on any atom is 0.119 e. The molecule has 3 rings (SSSR count). The van der Waals surface area contributed by atoms with Crippen molar-refractivity contribution in [3.63, 3.8) is 0 Å². The Hall–Kier alpha value is -1.49.